The van der Waals surface area contributed by atoms with Crippen molar-refractivity contribution in [3.63, 3.8) is 0 Å². The number of rotatable bonds is 4. The maximum absolute atomic E-state index is 12.8. The Labute approximate surface area is 158 Å². The molecule has 2 aliphatic rings. The Morgan fingerprint density at radius 1 is 1.19 bits per heavy atom. The maximum atomic E-state index is 12.8. The Morgan fingerprint density at radius 3 is 2.74 bits per heavy atom. The number of H-pyrrole nitrogens is 1. The van der Waals surface area contributed by atoms with Gasteiger partial charge in [-0.1, -0.05) is 0 Å². The van der Waals surface area contributed by atoms with Crippen molar-refractivity contribution in [2.24, 2.45) is 7.05 Å². The number of hydrogen-bond donors (Lipinski definition) is 1. The predicted octanol–water partition coefficient (Wildman–Crippen LogP) is 1.12. The molecule has 1 amide bonds. The number of nitrogens with one attached hydrogen (secondary N) is 1. The van der Waals surface area contributed by atoms with Gasteiger partial charge in [0.2, 0.25) is 5.56 Å². The van der Waals surface area contributed by atoms with Gasteiger partial charge in [0.1, 0.15) is 11.6 Å². The first-order valence-corrected chi connectivity index (χ1v) is 9.70. The van der Waals surface area contributed by atoms with Crippen molar-refractivity contribution in [1.29, 1.82) is 0 Å². The second kappa shape index (κ2) is 7.64. The monoisotopic (exact) mass is 370 g/mol. The van der Waals surface area contributed by atoms with Crippen LogP contribution in [0.1, 0.15) is 53.6 Å². The normalized spacial score (nSPS) is 20.9. The van der Waals surface area contributed by atoms with Gasteiger partial charge in [-0.25, -0.2) is 0 Å². The van der Waals surface area contributed by atoms with Gasteiger partial charge in [0.25, 0.3) is 5.91 Å². The molecule has 27 heavy (non-hydrogen) atoms. The van der Waals surface area contributed by atoms with Crippen molar-refractivity contribution in [2.75, 3.05) is 26.2 Å². The van der Waals surface area contributed by atoms with Crippen molar-refractivity contribution in [3.05, 3.63) is 45.9 Å². The standard InChI is InChI=1S/C19H26N6O2/c1-23-16(13-24-8-2-3-9-24)21-22-18(23)15-5-4-10-25(12-15)19(27)14-6-7-17(26)20-11-14/h6-7,11,15H,2-5,8-10,12-13H2,1H3,(H,20,26). The first kappa shape index (κ1) is 17.9. The van der Waals surface area contributed by atoms with E-state index in [1.807, 2.05) is 11.9 Å². The lowest BCUT2D eigenvalue weighted by molar-refractivity contribution is 0.0703. The number of carbonyl (C=O) groups is 1. The summed E-state index contributed by atoms with van der Waals surface area (Å²) in [5, 5.41) is 8.88. The van der Waals surface area contributed by atoms with E-state index in [-0.39, 0.29) is 17.4 Å². The molecule has 2 aliphatic heterocycles. The predicted molar refractivity (Wildman–Crippen MR) is 100 cm³/mol. The summed E-state index contributed by atoms with van der Waals surface area (Å²) in [5.41, 5.74) is 0.315. The number of nitrogens with zero attached hydrogens (tertiary/aromatic N) is 5. The fourth-order valence-corrected chi connectivity index (χ4v) is 4.11. The number of piperidine rings is 1. The van der Waals surface area contributed by atoms with Crippen LogP contribution in [0.5, 0.6) is 0 Å². The third-order valence-corrected chi connectivity index (χ3v) is 5.67. The fourth-order valence-electron chi connectivity index (χ4n) is 4.11. The van der Waals surface area contributed by atoms with Gasteiger partial charge in [-0.3, -0.25) is 14.5 Å². The van der Waals surface area contributed by atoms with Gasteiger partial charge in [0, 0.05) is 38.3 Å². The van der Waals surface area contributed by atoms with Gasteiger partial charge in [-0.15, -0.1) is 10.2 Å². The Bertz CT molecular complexity index is 847. The zero-order valence-electron chi connectivity index (χ0n) is 15.7. The van der Waals surface area contributed by atoms with E-state index in [0.29, 0.717) is 12.1 Å². The molecular formula is C19H26N6O2. The average molecular weight is 370 g/mol. The van der Waals surface area contributed by atoms with E-state index >= 15 is 0 Å². The van der Waals surface area contributed by atoms with Crippen molar-refractivity contribution in [3.8, 4) is 0 Å². The number of likely N-dealkylation sites (tertiary alicyclic amines) is 2. The third-order valence-electron chi connectivity index (χ3n) is 5.67. The maximum Gasteiger partial charge on any atom is 0.255 e. The lowest BCUT2D eigenvalue weighted by Crippen LogP contribution is -2.40. The molecule has 2 fully saturated rings. The zero-order valence-corrected chi connectivity index (χ0v) is 15.7. The number of aromatic amines is 1. The summed E-state index contributed by atoms with van der Waals surface area (Å²) in [5.74, 6) is 2.10. The van der Waals surface area contributed by atoms with Crippen molar-refractivity contribution in [2.45, 2.75) is 38.1 Å². The number of pyridine rings is 1. The summed E-state index contributed by atoms with van der Waals surface area (Å²) in [7, 11) is 2.03. The molecule has 4 rings (SSSR count). The minimum atomic E-state index is -0.201. The van der Waals surface area contributed by atoms with Crippen LogP contribution in [0.4, 0.5) is 0 Å². The third kappa shape index (κ3) is 3.80. The van der Waals surface area contributed by atoms with Crippen LogP contribution >= 0.6 is 0 Å². The second-order valence-corrected chi connectivity index (χ2v) is 7.55. The van der Waals surface area contributed by atoms with Crippen LogP contribution in [0.15, 0.2) is 23.1 Å². The molecule has 0 aromatic carbocycles. The van der Waals surface area contributed by atoms with E-state index in [2.05, 4.69) is 24.6 Å². The molecule has 2 saturated heterocycles. The highest BCUT2D eigenvalue weighted by molar-refractivity contribution is 5.93. The van der Waals surface area contributed by atoms with Gasteiger partial charge in [-0.2, -0.15) is 0 Å². The first-order chi connectivity index (χ1) is 13.1. The van der Waals surface area contributed by atoms with Crippen LogP contribution in [0, 0.1) is 0 Å². The van der Waals surface area contributed by atoms with E-state index in [1.54, 1.807) is 6.07 Å². The molecule has 8 nitrogen and oxygen atoms in total. The van der Waals surface area contributed by atoms with E-state index in [9.17, 15) is 9.59 Å². The van der Waals surface area contributed by atoms with Gasteiger partial charge < -0.3 is 14.5 Å². The highest BCUT2D eigenvalue weighted by Crippen LogP contribution is 2.27. The molecule has 0 aliphatic carbocycles. The molecule has 1 unspecified atom stereocenters. The molecule has 1 atom stereocenters. The lowest BCUT2D eigenvalue weighted by Gasteiger charge is -2.32. The number of aromatic nitrogens is 4. The molecule has 2 aromatic heterocycles. The van der Waals surface area contributed by atoms with Crippen molar-refractivity contribution < 1.29 is 4.79 Å². The zero-order chi connectivity index (χ0) is 18.8. The summed E-state index contributed by atoms with van der Waals surface area (Å²) in [6.45, 7) is 4.47. The van der Waals surface area contributed by atoms with Crippen LogP contribution < -0.4 is 5.56 Å². The van der Waals surface area contributed by atoms with Crippen LogP contribution in [-0.2, 0) is 13.6 Å². The van der Waals surface area contributed by atoms with Gasteiger partial charge in [0.15, 0.2) is 0 Å². The molecule has 144 valence electrons. The second-order valence-electron chi connectivity index (χ2n) is 7.55. The molecule has 0 spiro atoms. The smallest absolute Gasteiger partial charge is 0.255 e. The topological polar surface area (TPSA) is 87.1 Å². The van der Waals surface area contributed by atoms with Gasteiger partial charge in [-0.05, 0) is 44.8 Å². The number of amides is 1. The molecule has 0 radical (unpaired) electrons. The SMILES string of the molecule is Cn1c(CN2CCCC2)nnc1C1CCCN(C(=O)c2ccc(=O)[nH]c2)C1. The summed E-state index contributed by atoms with van der Waals surface area (Å²) in [6, 6.07) is 2.98. The molecular weight excluding hydrogens is 344 g/mol. The van der Waals surface area contributed by atoms with E-state index in [1.165, 1.54) is 25.1 Å². The van der Waals surface area contributed by atoms with Gasteiger partial charge in [0.05, 0.1) is 12.1 Å². The molecule has 2 aromatic rings. The lowest BCUT2D eigenvalue weighted by atomic mass is 9.96. The van der Waals surface area contributed by atoms with E-state index < -0.39 is 0 Å². The van der Waals surface area contributed by atoms with Gasteiger partial charge >= 0.3 is 0 Å². The molecule has 0 saturated carbocycles. The fraction of sp³-hybridized carbons (Fsp3) is 0.579. The highest BCUT2D eigenvalue weighted by atomic mass is 16.2. The Morgan fingerprint density at radius 2 is 2.00 bits per heavy atom. The first-order valence-electron chi connectivity index (χ1n) is 9.70. The summed E-state index contributed by atoms with van der Waals surface area (Å²) in [6.07, 6.45) is 5.95. The largest absolute Gasteiger partial charge is 0.338 e. The highest BCUT2D eigenvalue weighted by Gasteiger charge is 2.29. The Balaban J connectivity index is 1.46. The van der Waals surface area contributed by atoms with E-state index in [4.69, 9.17) is 0 Å². The van der Waals surface area contributed by atoms with Crippen LogP contribution in [-0.4, -0.2) is 61.6 Å². The molecule has 4 heterocycles. The Kier molecular flexibility index (Phi) is 5.07. The Hall–Kier alpha value is -2.48. The van der Waals surface area contributed by atoms with E-state index in [0.717, 1.165) is 50.7 Å². The minimum absolute atomic E-state index is 0.0459. The van der Waals surface area contributed by atoms with Crippen LogP contribution in [0.3, 0.4) is 0 Å². The van der Waals surface area contributed by atoms with Crippen molar-refractivity contribution >= 4 is 5.91 Å². The molecule has 8 heteroatoms. The summed E-state index contributed by atoms with van der Waals surface area (Å²) >= 11 is 0. The summed E-state index contributed by atoms with van der Waals surface area (Å²) < 4.78 is 2.11. The average Bonchev–Trinajstić information content (AvgIpc) is 3.33. The summed E-state index contributed by atoms with van der Waals surface area (Å²) in [4.78, 5) is 30.8. The van der Waals surface area contributed by atoms with Crippen LogP contribution in [0.2, 0.25) is 0 Å². The quantitative estimate of drug-likeness (QED) is 0.871. The van der Waals surface area contributed by atoms with Crippen LogP contribution in [0.25, 0.3) is 0 Å². The van der Waals surface area contributed by atoms with Crippen molar-refractivity contribution in [1.82, 2.24) is 29.5 Å². The molecule has 1 N–H and O–H groups in total. The number of carbonyl (C=O) groups excluding carboxylic acids is 1. The molecule has 0 bridgehead atoms. The minimum Gasteiger partial charge on any atom is -0.338 e. The number of hydrogen-bond acceptors (Lipinski definition) is 5.